The number of hydrogen-bond donors (Lipinski definition) is 2. The standard InChI is InChI=1S/C16H21NO3S/c1-10(2)15(11(3)18)17-16(20)13-6-4-12(5-7-13)14(19)8-9-21/h4-7,10,15,21H,8-9H2,1-3H3,(H,17,20). The molecule has 0 bridgehead atoms. The molecule has 1 atom stereocenters. The van der Waals surface area contributed by atoms with Gasteiger partial charge in [-0.05, 0) is 30.7 Å². The first-order chi connectivity index (χ1) is 9.86. The van der Waals surface area contributed by atoms with Crippen molar-refractivity contribution in [2.45, 2.75) is 33.2 Å². The Balaban J connectivity index is 2.79. The summed E-state index contributed by atoms with van der Waals surface area (Å²) < 4.78 is 0. The van der Waals surface area contributed by atoms with Crippen LogP contribution in [0.4, 0.5) is 0 Å². The van der Waals surface area contributed by atoms with E-state index in [0.717, 1.165) is 0 Å². The summed E-state index contributed by atoms with van der Waals surface area (Å²) in [6.07, 6.45) is 0.369. The van der Waals surface area contributed by atoms with Crippen LogP contribution < -0.4 is 5.32 Å². The van der Waals surface area contributed by atoms with E-state index in [1.165, 1.54) is 6.92 Å². The summed E-state index contributed by atoms with van der Waals surface area (Å²) >= 11 is 4.02. The van der Waals surface area contributed by atoms with Gasteiger partial charge in [-0.3, -0.25) is 14.4 Å². The molecule has 1 unspecified atom stereocenters. The lowest BCUT2D eigenvalue weighted by Gasteiger charge is -2.19. The number of amides is 1. The molecular weight excluding hydrogens is 286 g/mol. The lowest BCUT2D eigenvalue weighted by atomic mass is 10.00. The van der Waals surface area contributed by atoms with Gasteiger partial charge < -0.3 is 5.32 Å². The highest BCUT2D eigenvalue weighted by atomic mass is 32.1. The summed E-state index contributed by atoms with van der Waals surface area (Å²) in [7, 11) is 0. The summed E-state index contributed by atoms with van der Waals surface area (Å²) in [5.41, 5.74) is 0.997. The molecule has 114 valence electrons. The summed E-state index contributed by atoms with van der Waals surface area (Å²) in [6.45, 7) is 5.22. The molecule has 1 N–H and O–H groups in total. The smallest absolute Gasteiger partial charge is 0.251 e. The molecule has 0 aromatic heterocycles. The molecule has 0 aliphatic rings. The van der Waals surface area contributed by atoms with Crippen molar-refractivity contribution in [3.63, 3.8) is 0 Å². The topological polar surface area (TPSA) is 63.2 Å². The lowest BCUT2D eigenvalue weighted by Crippen LogP contribution is -2.43. The average molecular weight is 307 g/mol. The van der Waals surface area contributed by atoms with Crippen LogP contribution in [0.1, 0.15) is 47.9 Å². The van der Waals surface area contributed by atoms with Crippen LogP contribution >= 0.6 is 12.6 Å². The molecular formula is C16H21NO3S. The molecule has 5 heteroatoms. The van der Waals surface area contributed by atoms with Gasteiger partial charge in [0.1, 0.15) is 0 Å². The van der Waals surface area contributed by atoms with E-state index in [0.29, 0.717) is 23.3 Å². The van der Waals surface area contributed by atoms with E-state index >= 15 is 0 Å². The van der Waals surface area contributed by atoms with Crippen LogP contribution in [0, 0.1) is 5.92 Å². The molecule has 4 nitrogen and oxygen atoms in total. The third-order valence-electron chi connectivity index (χ3n) is 3.20. The van der Waals surface area contributed by atoms with Crippen molar-refractivity contribution < 1.29 is 14.4 Å². The Hall–Kier alpha value is -1.62. The number of nitrogens with one attached hydrogen (secondary N) is 1. The number of thiol groups is 1. The van der Waals surface area contributed by atoms with Crippen molar-refractivity contribution >= 4 is 30.1 Å². The van der Waals surface area contributed by atoms with Crippen LogP contribution in [0.15, 0.2) is 24.3 Å². The van der Waals surface area contributed by atoms with Crippen LogP contribution in [0.25, 0.3) is 0 Å². The molecule has 0 saturated heterocycles. The second-order valence-electron chi connectivity index (χ2n) is 5.28. The highest BCUT2D eigenvalue weighted by molar-refractivity contribution is 7.80. The van der Waals surface area contributed by atoms with Crippen LogP contribution in [0.2, 0.25) is 0 Å². The molecule has 0 spiro atoms. The SMILES string of the molecule is CC(=O)C(NC(=O)c1ccc(C(=O)CCS)cc1)C(C)C. The average Bonchev–Trinajstić information content (AvgIpc) is 2.44. The first kappa shape index (κ1) is 17.4. The number of hydrogen-bond acceptors (Lipinski definition) is 4. The van der Waals surface area contributed by atoms with Gasteiger partial charge in [0, 0.05) is 17.5 Å². The molecule has 0 saturated carbocycles. The molecule has 1 rings (SSSR count). The van der Waals surface area contributed by atoms with Gasteiger partial charge in [0.2, 0.25) is 0 Å². The van der Waals surface area contributed by atoms with E-state index < -0.39 is 6.04 Å². The zero-order chi connectivity index (χ0) is 16.0. The molecule has 0 fully saturated rings. The molecule has 21 heavy (non-hydrogen) atoms. The van der Waals surface area contributed by atoms with E-state index in [4.69, 9.17) is 0 Å². The van der Waals surface area contributed by atoms with E-state index in [1.807, 2.05) is 13.8 Å². The van der Waals surface area contributed by atoms with Crippen molar-refractivity contribution in [1.29, 1.82) is 0 Å². The number of benzene rings is 1. The molecule has 1 amide bonds. The Labute approximate surface area is 130 Å². The van der Waals surface area contributed by atoms with Gasteiger partial charge in [-0.2, -0.15) is 12.6 Å². The normalized spacial score (nSPS) is 12.0. The van der Waals surface area contributed by atoms with Gasteiger partial charge in [0.25, 0.3) is 5.91 Å². The first-order valence-corrected chi connectivity index (χ1v) is 7.55. The molecule has 1 aromatic carbocycles. The lowest BCUT2D eigenvalue weighted by molar-refractivity contribution is -0.119. The molecule has 1 aromatic rings. The zero-order valence-corrected chi connectivity index (χ0v) is 13.4. The second kappa shape index (κ2) is 7.98. The third-order valence-corrected chi connectivity index (χ3v) is 3.42. The predicted octanol–water partition coefficient (Wildman–Crippen LogP) is 2.53. The number of ketones is 2. The van der Waals surface area contributed by atoms with Gasteiger partial charge in [-0.25, -0.2) is 0 Å². The largest absolute Gasteiger partial charge is 0.342 e. The Morgan fingerprint density at radius 3 is 2.05 bits per heavy atom. The minimum atomic E-state index is -0.497. The second-order valence-corrected chi connectivity index (χ2v) is 5.73. The maximum atomic E-state index is 12.1. The van der Waals surface area contributed by atoms with E-state index in [-0.39, 0.29) is 23.4 Å². The monoisotopic (exact) mass is 307 g/mol. The van der Waals surface area contributed by atoms with Crippen molar-refractivity contribution in [2.24, 2.45) is 5.92 Å². The van der Waals surface area contributed by atoms with Gasteiger partial charge in [0.15, 0.2) is 11.6 Å². The fourth-order valence-electron chi connectivity index (χ4n) is 2.02. The van der Waals surface area contributed by atoms with Crippen molar-refractivity contribution in [3.8, 4) is 0 Å². The Bertz CT molecular complexity index is 523. The zero-order valence-electron chi connectivity index (χ0n) is 12.6. The van der Waals surface area contributed by atoms with Gasteiger partial charge in [-0.1, -0.05) is 26.0 Å². The summed E-state index contributed by atoms with van der Waals surface area (Å²) in [5.74, 6) is 0.148. The van der Waals surface area contributed by atoms with Crippen LogP contribution in [-0.4, -0.2) is 29.3 Å². The Kier molecular flexibility index (Phi) is 6.62. The van der Waals surface area contributed by atoms with Crippen LogP contribution in [0.3, 0.4) is 0 Å². The minimum Gasteiger partial charge on any atom is -0.342 e. The number of rotatable bonds is 7. The molecule has 0 heterocycles. The summed E-state index contributed by atoms with van der Waals surface area (Å²) in [4.78, 5) is 35.3. The number of carbonyl (C=O) groups is 3. The molecule has 0 aliphatic heterocycles. The molecule has 0 radical (unpaired) electrons. The Morgan fingerprint density at radius 1 is 1.10 bits per heavy atom. The minimum absolute atomic E-state index is 0.000695. The van der Waals surface area contributed by atoms with Crippen molar-refractivity contribution in [1.82, 2.24) is 5.32 Å². The number of Topliss-reactive ketones (excluding diaryl/α,β-unsaturated/α-hetero) is 2. The number of carbonyl (C=O) groups excluding carboxylic acids is 3. The van der Waals surface area contributed by atoms with Crippen LogP contribution in [0.5, 0.6) is 0 Å². The summed E-state index contributed by atoms with van der Waals surface area (Å²) in [5, 5.41) is 2.72. The fourth-order valence-corrected chi connectivity index (χ4v) is 2.22. The first-order valence-electron chi connectivity index (χ1n) is 6.92. The third kappa shape index (κ3) is 5.01. The van der Waals surface area contributed by atoms with E-state index in [9.17, 15) is 14.4 Å². The summed E-state index contributed by atoms with van der Waals surface area (Å²) in [6, 6.07) is 5.94. The Morgan fingerprint density at radius 2 is 1.62 bits per heavy atom. The highest BCUT2D eigenvalue weighted by Gasteiger charge is 2.21. The van der Waals surface area contributed by atoms with Gasteiger partial charge in [0.05, 0.1) is 6.04 Å². The van der Waals surface area contributed by atoms with E-state index in [2.05, 4.69) is 17.9 Å². The quantitative estimate of drug-likeness (QED) is 0.601. The van der Waals surface area contributed by atoms with Gasteiger partial charge in [-0.15, -0.1) is 0 Å². The fraction of sp³-hybridized carbons (Fsp3) is 0.438. The van der Waals surface area contributed by atoms with Crippen molar-refractivity contribution in [3.05, 3.63) is 35.4 Å². The maximum Gasteiger partial charge on any atom is 0.251 e. The van der Waals surface area contributed by atoms with Gasteiger partial charge >= 0.3 is 0 Å². The molecule has 0 aliphatic carbocycles. The van der Waals surface area contributed by atoms with E-state index in [1.54, 1.807) is 24.3 Å². The van der Waals surface area contributed by atoms with Crippen LogP contribution in [-0.2, 0) is 4.79 Å². The highest BCUT2D eigenvalue weighted by Crippen LogP contribution is 2.09. The maximum absolute atomic E-state index is 12.1. The predicted molar refractivity (Wildman–Crippen MR) is 86.0 cm³/mol. The van der Waals surface area contributed by atoms with Crippen molar-refractivity contribution in [2.75, 3.05) is 5.75 Å².